The predicted molar refractivity (Wildman–Crippen MR) is 44.7 cm³/mol. The van der Waals surface area contributed by atoms with Crippen molar-refractivity contribution >= 4 is 5.78 Å². The molecule has 1 saturated heterocycles. The van der Waals surface area contributed by atoms with E-state index in [4.69, 9.17) is 9.15 Å². The maximum Gasteiger partial charge on any atom is 0.200 e. The van der Waals surface area contributed by atoms with Crippen LogP contribution in [0.2, 0.25) is 0 Å². The lowest BCUT2D eigenvalue weighted by molar-refractivity contribution is 0.0984. The van der Waals surface area contributed by atoms with E-state index in [0.29, 0.717) is 18.3 Å². The first-order chi connectivity index (χ1) is 6.27. The van der Waals surface area contributed by atoms with Crippen LogP contribution in [0.1, 0.15) is 35.7 Å². The Balaban J connectivity index is 2.16. The first kappa shape index (κ1) is 8.44. The molecule has 1 atom stereocenters. The van der Waals surface area contributed by atoms with Gasteiger partial charge in [0.05, 0.1) is 18.7 Å². The summed E-state index contributed by atoms with van der Waals surface area (Å²) in [5.74, 6) is 1.11. The SMILES string of the molecule is CC(=O)c1cnc(C2CCOC2)o1. The van der Waals surface area contributed by atoms with E-state index in [2.05, 4.69) is 4.98 Å². The van der Waals surface area contributed by atoms with E-state index in [-0.39, 0.29) is 11.7 Å². The Morgan fingerprint density at radius 1 is 1.69 bits per heavy atom. The van der Waals surface area contributed by atoms with E-state index >= 15 is 0 Å². The standard InChI is InChI=1S/C9H11NO3/c1-6(11)8-4-10-9(13-8)7-2-3-12-5-7/h4,7H,2-3,5H2,1H3. The second-order valence-corrected chi connectivity index (χ2v) is 3.18. The molecule has 0 spiro atoms. The topological polar surface area (TPSA) is 52.3 Å². The number of nitrogens with zero attached hydrogens (tertiary/aromatic N) is 1. The Kier molecular flexibility index (Phi) is 2.14. The molecule has 0 bridgehead atoms. The summed E-state index contributed by atoms with van der Waals surface area (Å²) in [4.78, 5) is 15.0. The summed E-state index contributed by atoms with van der Waals surface area (Å²) in [5.41, 5.74) is 0. The second-order valence-electron chi connectivity index (χ2n) is 3.18. The number of aromatic nitrogens is 1. The van der Waals surface area contributed by atoms with Gasteiger partial charge >= 0.3 is 0 Å². The van der Waals surface area contributed by atoms with Gasteiger partial charge in [-0.05, 0) is 6.42 Å². The predicted octanol–water partition coefficient (Wildman–Crippen LogP) is 1.38. The zero-order valence-electron chi connectivity index (χ0n) is 7.45. The van der Waals surface area contributed by atoms with Gasteiger partial charge in [0.2, 0.25) is 5.89 Å². The van der Waals surface area contributed by atoms with Gasteiger partial charge in [-0.2, -0.15) is 0 Å². The summed E-state index contributed by atoms with van der Waals surface area (Å²) >= 11 is 0. The van der Waals surface area contributed by atoms with Crippen LogP contribution >= 0.6 is 0 Å². The van der Waals surface area contributed by atoms with Crippen molar-refractivity contribution in [1.29, 1.82) is 0 Å². The normalized spacial score (nSPS) is 22.1. The average molecular weight is 181 g/mol. The summed E-state index contributed by atoms with van der Waals surface area (Å²) in [6.45, 7) is 2.87. The fourth-order valence-corrected chi connectivity index (χ4v) is 1.37. The fraction of sp³-hybridized carbons (Fsp3) is 0.556. The minimum Gasteiger partial charge on any atom is -0.437 e. The highest BCUT2D eigenvalue weighted by molar-refractivity contribution is 5.90. The number of carbonyl (C=O) groups is 1. The molecule has 1 aromatic heterocycles. The highest BCUT2D eigenvalue weighted by Gasteiger charge is 2.23. The summed E-state index contributed by atoms with van der Waals surface area (Å²) in [7, 11) is 0. The van der Waals surface area contributed by atoms with E-state index in [1.165, 1.54) is 13.1 Å². The Bertz CT molecular complexity index is 312. The first-order valence-electron chi connectivity index (χ1n) is 4.32. The minimum atomic E-state index is -0.0855. The van der Waals surface area contributed by atoms with Crippen molar-refractivity contribution in [3.8, 4) is 0 Å². The quantitative estimate of drug-likeness (QED) is 0.647. The van der Waals surface area contributed by atoms with Gasteiger partial charge in [0, 0.05) is 13.5 Å². The van der Waals surface area contributed by atoms with E-state index in [1.807, 2.05) is 0 Å². The number of Topliss-reactive ketones (excluding diaryl/α,β-unsaturated/α-hetero) is 1. The van der Waals surface area contributed by atoms with Crippen LogP contribution in [-0.4, -0.2) is 24.0 Å². The lowest BCUT2D eigenvalue weighted by Gasteiger charge is -1.99. The molecule has 2 rings (SSSR count). The molecule has 2 heterocycles. The maximum atomic E-state index is 10.9. The highest BCUT2D eigenvalue weighted by Crippen LogP contribution is 2.24. The monoisotopic (exact) mass is 181 g/mol. The van der Waals surface area contributed by atoms with Crippen molar-refractivity contribution in [2.24, 2.45) is 0 Å². The summed E-state index contributed by atoms with van der Waals surface area (Å²) in [6.07, 6.45) is 2.41. The third kappa shape index (κ3) is 1.62. The van der Waals surface area contributed by atoms with Crippen LogP contribution in [0.15, 0.2) is 10.6 Å². The number of rotatable bonds is 2. The Hall–Kier alpha value is -1.16. The Morgan fingerprint density at radius 2 is 2.54 bits per heavy atom. The van der Waals surface area contributed by atoms with E-state index < -0.39 is 0 Å². The van der Waals surface area contributed by atoms with Crippen molar-refractivity contribution in [2.75, 3.05) is 13.2 Å². The van der Waals surface area contributed by atoms with E-state index in [0.717, 1.165) is 13.0 Å². The molecule has 0 N–H and O–H groups in total. The minimum absolute atomic E-state index is 0.0855. The Labute approximate surface area is 75.9 Å². The zero-order chi connectivity index (χ0) is 9.26. The second kappa shape index (κ2) is 3.30. The summed E-state index contributed by atoms with van der Waals surface area (Å²) in [6, 6.07) is 0. The summed E-state index contributed by atoms with van der Waals surface area (Å²) < 4.78 is 10.5. The third-order valence-corrected chi connectivity index (χ3v) is 2.15. The Morgan fingerprint density at radius 3 is 3.08 bits per heavy atom. The number of carbonyl (C=O) groups excluding carboxylic acids is 1. The van der Waals surface area contributed by atoms with Gasteiger partial charge in [0.15, 0.2) is 11.5 Å². The molecule has 70 valence electrons. The smallest absolute Gasteiger partial charge is 0.200 e. The van der Waals surface area contributed by atoms with Crippen LogP contribution < -0.4 is 0 Å². The molecule has 1 aliphatic rings. The van der Waals surface area contributed by atoms with Gasteiger partial charge in [-0.1, -0.05) is 0 Å². The average Bonchev–Trinajstić information content (AvgIpc) is 2.75. The molecule has 0 aliphatic carbocycles. The molecule has 0 aromatic carbocycles. The highest BCUT2D eigenvalue weighted by atomic mass is 16.5. The molecule has 1 fully saturated rings. The third-order valence-electron chi connectivity index (χ3n) is 2.15. The van der Waals surface area contributed by atoms with Crippen molar-refractivity contribution < 1.29 is 13.9 Å². The van der Waals surface area contributed by atoms with Crippen molar-refractivity contribution in [2.45, 2.75) is 19.3 Å². The van der Waals surface area contributed by atoms with Gasteiger partial charge in [0.1, 0.15) is 0 Å². The molecule has 0 saturated carbocycles. The molecule has 1 unspecified atom stereocenters. The molecule has 0 amide bonds. The van der Waals surface area contributed by atoms with Gasteiger partial charge in [-0.3, -0.25) is 4.79 Å². The number of oxazole rings is 1. The molecular weight excluding hydrogens is 170 g/mol. The molecule has 1 aliphatic heterocycles. The van der Waals surface area contributed by atoms with Crippen LogP contribution in [0.25, 0.3) is 0 Å². The van der Waals surface area contributed by atoms with Gasteiger partial charge < -0.3 is 9.15 Å². The maximum absolute atomic E-state index is 10.9. The lowest BCUT2D eigenvalue weighted by Crippen LogP contribution is -1.97. The molecular formula is C9H11NO3. The molecule has 13 heavy (non-hydrogen) atoms. The molecule has 0 radical (unpaired) electrons. The van der Waals surface area contributed by atoms with Gasteiger partial charge in [-0.15, -0.1) is 0 Å². The number of hydrogen-bond acceptors (Lipinski definition) is 4. The first-order valence-corrected chi connectivity index (χ1v) is 4.32. The fourth-order valence-electron chi connectivity index (χ4n) is 1.37. The van der Waals surface area contributed by atoms with Crippen LogP contribution in [0, 0.1) is 0 Å². The van der Waals surface area contributed by atoms with E-state index in [1.54, 1.807) is 0 Å². The molecule has 4 nitrogen and oxygen atoms in total. The number of hydrogen-bond donors (Lipinski definition) is 0. The molecule has 4 heteroatoms. The molecule has 1 aromatic rings. The largest absolute Gasteiger partial charge is 0.437 e. The lowest BCUT2D eigenvalue weighted by atomic mass is 10.1. The van der Waals surface area contributed by atoms with Gasteiger partial charge in [-0.25, -0.2) is 4.98 Å². The van der Waals surface area contributed by atoms with Crippen molar-refractivity contribution in [3.63, 3.8) is 0 Å². The zero-order valence-corrected chi connectivity index (χ0v) is 7.45. The number of ether oxygens (including phenoxy) is 1. The van der Waals surface area contributed by atoms with E-state index in [9.17, 15) is 4.79 Å². The summed E-state index contributed by atoms with van der Waals surface area (Å²) in [5, 5.41) is 0. The van der Waals surface area contributed by atoms with Crippen molar-refractivity contribution in [3.05, 3.63) is 17.8 Å². The van der Waals surface area contributed by atoms with Crippen LogP contribution in [0.5, 0.6) is 0 Å². The van der Waals surface area contributed by atoms with Crippen LogP contribution in [-0.2, 0) is 4.74 Å². The van der Waals surface area contributed by atoms with Crippen LogP contribution in [0.4, 0.5) is 0 Å². The van der Waals surface area contributed by atoms with Gasteiger partial charge in [0.25, 0.3) is 0 Å². The number of ketones is 1. The van der Waals surface area contributed by atoms with Crippen molar-refractivity contribution in [1.82, 2.24) is 4.98 Å². The van der Waals surface area contributed by atoms with Crippen LogP contribution in [0.3, 0.4) is 0 Å².